The number of anilines is 1. The molecular weight excluding hydrogens is 242 g/mol. The minimum atomic E-state index is -0.952. The first-order valence-electron chi connectivity index (χ1n) is 5.08. The van der Waals surface area contributed by atoms with Gasteiger partial charge in [0.05, 0.1) is 17.4 Å². The first-order chi connectivity index (χ1) is 8.58. The Morgan fingerprint density at radius 3 is 2.83 bits per heavy atom. The van der Waals surface area contributed by atoms with Gasteiger partial charge in [-0.25, -0.2) is 8.78 Å². The van der Waals surface area contributed by atoms with Gasteiger partial charge in [-0.15, -0.1) is 0 Å². The fraction of sp³-hybridized carbons (Fsp3) is 0.0909. The van der Waals surface area contributed by atoms with Gasteiger partial charge >= 0.3 is 0 Å². The zero-order chi connectivity index (χ0) is 13.1. The van der Waals surface area contributed by atoms with E-state index in [1.54, 1.807) is 6.20 Å². The van der Waals surface area contributed by atoms with E-state index in [1.165, 1.54) is 6.20 Å². The third kappa shape index (κ3) is 2.45. The van der Waals surface area contributed by atoms with Gasteiger partial charge in [-0.3, -0.25) is 9.89 Å². The van der Waals surface area contributed by atoms with Crippen LogP contribution in [0.5, 0.6) is 0 Å². The summed E-state index contributed by atoms with van der Waals surface area (Å²) in [5.74, 6) is -2.51. The highest BCUT2D eigenvalue weighted by Gasteiger charge is 2.14. The third-order valence-electron chi connectivity index (χ3n) is 2.34. The molecule has 0 saturated heterocycles. The Balaban J connectivity index is 2.11. The molecule has 0 atom stereocenters. The van der Waals surface area contributed by atoms with Crippen LogP contribution in [0.2, 0.25) is 0 Å². The Hall–Kier alpha value is -2.44. The SMILES string of the molecule is Nc1cc(C(=O)NCc2cn[nH]c2)c(F)cc1F. The molecular formula is C11H10F2N4O. The van der Waals surface area contributed by atoms with Crippen molar-refractivity contribution in [1.82, 2.24) is 15.5 Å². The second-order valence-electron chi connectivity index (χ2n) is 3.64. The van der Waals surface area contributed by atoms with Crippen LogP contribution in [-0.4, -0.2) is 16.1 Å². The van der Waals surface area contributed by atoms with Crippen LogP contribution in [-0.2, 0) is 6.54 Å². The first-order valence-corrected chi connectivity index (χ1v) is 5.08. The van der Waals surface area contributed by atoms with E-state index in [-0.39, 0.29) is 17.8 Å². The van der Waals surface area contributed by atoms with Gasteiger partial charge in [0.1, 0.15) is 11.6 Å². The van der Waals surface area contributed by atoms with E-state index in [2.05, 4.69) is 15.5 Å². The summed E-state index contributed by atoms with van der Waals surface area (Å²) in [7, 11) is 0. The Bertz CT molecular complexity index is 569. The van der Waals surface area contributed by atoms with Gasteiger partial charge < -0.3 is 11.1 Å². The van der Waals surface area contributed by atoms with Crippen molar-refractivity contribution in [3.8, 4) is 0 Å². The zero-order valence-corrected chi connectivity index (χ0v) is 9.21. The molecule has 0 aliphatic heterocycles. The number of aromatic amines is 1. The number of rotatable bonds is 3. The van der Waals surface area contributed by atoms with Crippen molar-refractivity contribution in [3.05, 3.63) is 47.3 Å². The average molecular weight is 252 g/mol. The highest BCUT2D eigenvalue weighted by Crippen LogP contribution is 2.16. The number of carbonyl (C=O) groups excluding carboxylic acids is 1. The van der Waals surface area contributed by atoms with E-state index < -0.39 is 17.5 Å². The summed E-state index contributed by atoms with van der Waals surface area (Å²) in [6.45, 7) is 0.187. The lowest BCUT2D eigenvalue weighted by Gasteiger charge is -2.06. The molecule has 2 aromatic rings. The van der Waals surface area contributed by atoms with Crippen molar-refractivity contribution in [2.45, 2.75) is 6.54 Å². The molecule has 94 valence electrons. The number of nitrogens with zero attached hydrogens (tertiary/aromatic N) is 1. The summed E-state index contributed by atoms with van der Waals surface area (Å²) in [6.07, 6.45) is 3.12. The summed E-state index contributed by atoms with van der Waals surface area (Å²) in [5.41, 5.74) is 5.45. The number of halogens is 2. The van der Waals surface area contributed by atoms with Gasteiger partial charge in [-0.1, -0.05) is 0 Å². The number of benzene rings is 1. The number of nitrogens with one attached hydrogen (secondary N) is 2. The fourth-order valence-electron chi connectivity index (χ4n) is 1.39. The number of amides is 1. The number of H-pyrrole nitrogens is 1. The number of nitrogens with two attached hydrogens (primary N) is 1. The predicted molar refractivity (Wildman–Crippen MR) is 60.5 cm³/mol. The quantitative estimate of drug-likeness (QED) is 0.718. The first kappa shape index (κ1) is 12.0. The smallest absolute Gasteiger partial charge is 0.254 e. The van der Waals surface area contributed by atoms with Crippen molar-refractivity contribution in [3.63, 3.8) is 0 Å². The molecule has 5 nitrogen and oxygen atoms in total. The molecule has 0 radical (unpaired) electrons. The number of nitrogen functional groups attached to an aromatic ring is 1. The molecule has 0 spiro atoms. The van der Waals surface area contributed by atoms with E-state index in [0.29, 0.717) is 6.07 Å². The third-order valence-corrected chi connectivity index (χ3v) is 2.34. The minimum Gasteiger partial charge on any atom is -0.396 e. The van der Waals surface area contributed by atoms with Crippen molar-refractivity contribution in [2.75, 3.05) is 5.73 Å². The highest BCUT2D eigenvalue weighted by molar-refractivity contribution is 5.95. The Morgan fingerprint density at radius 1 is 1.39 bits per heavy atom. The van der Waals surface area contributed by atoms with Crippen LogP contribution in [0.1, 0.15) is 15.9 Å². The van der Waals surface area contributed by atoms with Crippen LogP contribution in [0.15, 0.2) is 24.5 Å². The minimum absolute atomic E-state index is 0.187. The lowest BCUT2D eigenvalue weighted by atomic mass is 10.1. The van der Waals surface area contributed by atoms with Crippen LogP contribution in [0, 0.1) is 11.6 Å². The summed E-state index contributed by atoms with van der Waals surface area (Å²) >= 11 is 0. The zero-order valence-electron chi connectivity index (χ0n) is 9.21. The van der Waals surface area contributed by atoms with Crippen LogP contribution in [0.4, 0.5) is 14.5 Å². The number of hydrogen-bond donors (Lipinski definition) is 3. The second-order valence-corrected chi connectivity index (χ2v) is 3.64. The van der Waals surface area contributed by atoms with E-state index in [1.807, 2.05) is 0 Å². The van der Waals surface area contributed by atoms with Crippen LogP contribution < -0.4 is 11.1 Å². The molecule has 1 heterocycles. The number of aromatic nitrogens is 2. The van der Waals surface area contributed by atoms with Crippen LogP contribution >= 0.6 is 0 Å². The normalized spacial score (nSPS) is 10.3. The molecule has 2 rings (SSSR count). The molecule has 1 aromatic carbocycles. The maximum atomic E-state index is 13.4. The summed E-state index contributed by atoms with van der Waals surface area (Å²) in [5, 5.41) is 8.74. The van der Waals surface area contributed by atoms with E-state index in [4.69, 9.17) is 5.73 Å². The van der Waals surface area contributed by atoms with Gasteiger partial charge in [0, 0.05) is 24.4 Å². The van der Waals surface area contributed by atoms with Gasteiger partial charge in [-0.2, -0.15) is 5.10 Å². The molecule has 0 aliphatic rings. The Labute approximate surface area is 101 Å². The maximum Gasteiger partial charge on any atom is 0.254 e. The standard InChI is InChI=1S/C11H10F2N4O/c12-8-2-9(13)10(14)1-7(8)11(18)15-3-6-4-16-17-5-6/h1-2,4-5H,3,14H2,(H,15,18)(H,16,17). The number of carbonyl (C=O) groups is 1. The van der Waals surface area contributed by atoms with E-state index >= 15 is 0 Å². The van der Waals surface area contributed by atoms with Crippen molar-refractivity contribution < 1.29 is 13.6 Å². The largest absolute Gasteiger partial charge is 0.396 e. The molecule has 4 N–H and O–H groups in total. The molecule has 7 heteroatoms. The summed E-state index contributed by atoms with van der Waals surface area (Å²) < 4.78 is 26.3. The highest BCUT2D eigenvalue weighted by atomic mass is 19.1. The second kappa shape index (κ2) is 4.82. The van der Waals surface area contributed by atoms with E-state index in [9.17, 15) is 13.6 Å². The molecule has 0 saturated carbocycles. The van der Waals surface area contributed by atoms with Crippen molar-refractivity contribution in [2.24, 2.45) is 0 Å². The number of hydrogen-bond acceptors (Lipinski definition) is 3. The van der Waals surface area contributed by atoms with E-state index in [0.717, 1.165) is 11.6 Å². The monoisotopic (exact) mass is 252 g/mol. The summed E-state index contributed by atoms with van der Waals surface area (Å²) in [4.78, 5) is 11.7. The maximum absolute atomic E-state index is 13.4. The fourth-order valence-corrected chi connectivity index (χ4v) is 1.39. The van der Waals surface area contributed by atoms with Crippen molar-refractivity contribution >= 4 is 11.6 Å². The molecule has 0 unspecified atom stereocenters. The van der Waals surface area contributed by atoms with Gasteiger partial charge in [-0.05, 0) is 6.07 Å². The molecule has 0 aliphatic carbocycles. The summed E-state index contributed by atoms with van der Waals surface area (Å²) in [6, 6.07) is 1.55. The lowest BCUT2D eigenvalue weighted by molar-refractivity contribution is 0.0947. The molecule has 0 bridgehead atoms. The molecule has 1 aromatic heterocycles. The topological polar surface area (TPSA) is 83.8 Å². The van der Waals surface area contributed by atoms with Gasteiger partial charge in [0.15, 0.2) is 0 Å². The Morgan fingerprint density at radius 2 is 2.17 bits per heavy atom. The van der Waals surface area contributed by atoms with Gasteiger partial charge in [0.25, 0.3) is 5.91 Å². The molecule has 18 heavy (non-hydrogen) atoms. The Kier molecular flexibility index (Phi) is 3.22. The molecule has 0 fully saturated rings. The van der Waals surface area contributed by atoms with Crippen LogP contribution in [0.25, 0.3) is 0 Å². The average Bonchev–Trinajstić information content (AvgIpc) is 2.84. The van der Waals surface area contributed by atoms with Gasteiger partial charge in [0.2, 0.25) is 0 Å². The predicted octanol–water partition coefficient (Wildman–Crippen LogP) is 1.20. The molecule has 1 amide bonds. The van der Waals surface area contributed by atoms with Crippen molar-refractivity contribution in [1.29, 1.82) is 0 Å². The lowest BCUT2D eigenvalue weighted by Crippen LogP contribution is -2.24. The van der Waals surface area contributed by atoms with Crippen LogP contribution in [0.3, 0.4) is 0 Å².